The molecule has 1 aromatic carbocycles. The first kappa shape index (κ1) is 15.0. The molecule has 2 aromatic rings. The van der Waals surface area contributed by atoms with E-state index in [2.05, 4.69) is 18.8 Å². The van der Waals surface area contributed by atoms with Crippen molar-refractivity contribution in [3.05, 3.63) is 28.1 Å². The summed E-state index contributed by atoms with van der Waals surface area (Å²) in [7, 11) is 0. The fourth-order valence-corrected chi connectivity index (χ4v) is 3.65. The van der Waals surface area contributed by atoms with Gasteiger partial charge in [0, 0.05) is 17.0 Å². The zero-order valence-corrected chi connectivity index (χ0v) is 14.2. The lowest BCUT2D eigenvalue weighted by Crippen LogP contribution is -2.44. The predicted octanol–water partition coefficient (Wildman–Crippen LogP) is 3.95. The first-order chi connectivity index (χ1) is 10.5. The summed E-state index contributed by atoms with van der Waals surface area (Å²) in [5.41, 5.74) is 2.88. The van der Waals surface area contributed by atoms with Gasteiger partial charge in [-0.1, -0.05) is 6.92 Å². The Morgan fingerprint density at radius 2 is 2.14 bits per heavy atom. The highest BCUT2D eigenvalue weighted by atomic mass is 32.1. The molecule has 1 aromatic heterocycles. The Hall–Kier alpha value is -1.88. The third-order valence-corrected chi connectivity index (χ3v) is 4.68. The molecule has 0 spiro atoms. The molecular weight excluding hydrogens is 296 g/mol. The minimum Gasteiger partial charge on any atom is -0.479 e. The molecule has 22 heavy (non-hydrogen) atoms. The van der Waals surface area contributed by atoms with Crippen LogP contribution in [0.2, 0.25) is 0 Å². The zero-order chi connectivity index (χ0) is 15.9. The van der Waals surface area contributed by atoms with Crippen molar-refractivity contribution in [2.24, 2.45) is 0 Å². The molecule has 0 saturated heterocycles. The Balaban J connectivity index is 2.08. The normalized spacial score (nSPS) is 17.4. The number of aromatic nitrogens is 1. The lowest BCUT2D eigenvalue weighted by Gasteiger charge is -2.33. The second-order valence-corrected chi connectivity index (χ2v) is 6.98. The minimum atomic E-state index is -0.423. The van der Waals surface area contributed by atoms with E-state index in [0.29, 0.717) is 6.54 Å². The molecule has 0 radical (unpaired) electrons. The number of anilines is 1. The minimum absolute atomic E-state index is 0.0256. The van der Waals surface area contributed by atoms with Gasteiger partial charge in [-0.25, -0.2) is 4.98 Å². The largest absolute Gasteiger partial charge is 0.479 e. The summed E-state index contributed by atoms with van der Waals surface area (Å²) in [6.45, 7) is 8.67. The molecule has 1 atom stereocenters. The third-order valence-electron chi connectivity index (χ3n) is 3.79. The highest BCUT2D eigenvalue weighted by Gasteiger charge is 2.31. The van der Waals surface area contributed by atoms with E-state index in [1.807, 2.05) is 30.0 Å². The van der Waals surface area contributed by atoms with Crippen molar-refractivity contribution < 1.29 is 9.53 Å². The first-order valence-electron chi connectivity index (χ1n) is 7.57. The maximum atomic E-state index is 12.4. The van der Waals surface area contributed by atoms with E-state index in [-0.39, 0.29) is 5.91 Å². The summed E-state index contributed by atoms with van der Waals surface area (Å²) >= 11 is 1.69. The summed E-state index contributed by atoms with van der Waals surface area (Å²) in [4.78, 5) is 20.0. The van der Waals surface area contributed by atoms with Gasteiger partial charge in [0.2, 0.25) is 0 Å². The Bertz CT molecular complexity index is 723. The Kier molecular flexibility index (Phi) is 3.91. The molecule has 1 unspecified atom stereocenters. The zero-order valence-electron chi connectivity index (χ0n) is 13.3. The van der Waals surface area contributed by atoms with Crippen molar-refractivity contribution in [1.82, 2.24) is 4.98 Å². The van der Waals surface area contributed by atoms with Crippen LogP contribution in [0.4, 0.5) is 5.69 Å². The van der Waals surface area contributed by atoms with Crippen LogP contribution in [-0.4, -0.2) is 23.5 Å². The number of amides is 1. The average molecular weight is 316 g/mol. The fraction of sp³-hybridized carbons (Fsp3) is 0.412. The van der Waals surface area contributed by atoms with Crippen LogP contribution in [-0.2, 0) is 4.79 Å². The Labute approximate surface area is 134 Å². The van der Waals surface area contributed by atoms with Crippen molar-refractivity contribution in [2.75, 3.05) is 11.4 Å². The molecule has 0 saturated carbocycles. The molecular formula is C17H20N2O2S. The van der Waals surface area contributed by atoms with E-state index in [4.69, 9.17) is 4.74 Å². The number of carbonyl (C=O) groups excluding carboxylic acids is 1. The molecule has 5 heteroatoms. The fourth-order valence-electron chi connectivity index (χ4n) is 2.81. The standard InChI is InChI=1S/C17H20N2O2S/c1-5-8-19-14-9-13(16-11(3)22-12(4)18-16)6-7-15(14)21-10(2)17(19)20/h6-7,9-10H,5,8H2,1-4H3. The molecule has 0 fully saturated rings. The van der Waals surface area contributed by atoms with Gasteiger partial charge in [-0.3, -0.25) is 4.79 Å². The molecule has 4 nitrogen and oxygen atoms in total. The number of ether oxygens (including phenoxy) is 1. The summed E-state index contributed by atoms with van der Waals surface area (Å²) in [5.74, 6) is 0.798. The highest BCUT2D eigenvalue weighted by Crippen LogP contribution is 2.38. The van der Waals surface area contributed by atoms with E-state index in [9.17, 15) is 4.79 Å². The SMILES string of the molecule is CCCN1C(=O)C(C)Oc2ccc(-c3nc(C)sc3C)cc21. The monoisotopic (exact) mass is 316 g/mol. The molecule has 1 aliphatic rings. The molecule has 3 rings (SSSR count). The van der Waals surface area contributed by atoms with Crippen LogP contribution in [0.25, 0.3) is 11.3 Å². The van der Waals surface area contributed by atoms with Gasteiger partial charge in [-0.15, -0.1) is 11.3 Å². The third kappa shape index (κ3) is 2.50. The second-order valence-electron chi connectivity index (χ2n) is 5.57. The van der Waals surface area contributed by atoms with Crippen LogP contribution in [0, 0.1) is 13.8 Å². The van der Waals surface area contributed by atoms with Crippen LogP contribution < -0.4 is 9.64 Å². The molecule has 1 aliphatic heterocycles. The molecule has 1 amide bonds. The summed E-state index contributed by atoms with van der Waals surface area (Å²) in [6, 6.07) is 5.99. The van der Waals surface area contributed by atoms with Crippen molar-refractivity contribution in [3.63, 3.8) is 0 Å². The van der Waals surface area contributed by atoms with E-state index >= 15 is 0 Å². The van der Waals surface area contributed by atoms with Gasteiger partial charge in [-0.2, -0.15) is 0 Å². The van der Waals surface area contributed by atoms with E-state index in [1.165, 1.54) is 4.88 Å². The number of thiazole rings is 1. The average Bonchev–Trinajstić information content (AvgIpc) is 2.82. The number of benzene rings is 1. The lowest BCUT2D eigenvalue weighted by molar-refractivity contribution is -0.125. The number of aryl methyl sites for hydroxylation is 2. The second kappa shape index (κ2) is 5.72. The topological polar surface area (TPSA) is 42.4 Å². The predicted molar refractivity (Wildman–Crippen MR) is 89.8 cm³/mol. The molecule has 0 N–H and O–H groups in total. The first-order valence-corrected chi connectivity index (χ1v) is 8.39. The maximum absolute atomic E-state index is 12.4. The molecule has 116 valence electrons. The van der Waals surface area contributed by atoms with Gasteiger partial charge >= 0.3 is 0 Å². The highest BCUT2D eigenvalue weighted by molar-refractivity contribution is 7.11. The van der Waals surface area contributed by atoms with Gasteiger partial charge in [0.15, 0.2) is 6.10 Å². The van der Waals surface area contributed by atoms with Crippen LogP contribution in [0.1, 0.15) is 30.2 Å². The van der Waals surface area contributed by atoms with Crippen LogP contribution in [0.15, 0.2) is 18.2 Å². The summed E-state index contributed by atoms with van der Waals surface area (Å²) in [5, 5.41) is 1.05. The van der Waals surface area contributed by atoms with Crippen LogP contribution >= 0.6 is 11.3 Å². The van der Waals surface area contributed by atoms with Gasteiger partial charge in [0.1, 0.15) is 5.75 Å². The van der Waals surface area contributed by atoms with Gasteiger partial charge < -0.3 is 9.64 Å². The summed E-state index contributed by atoms with van der Waals surface area (Å²) in [6.07, 6.45) is 0.491. The number of hydrogen-bond acceptors (Lipinski definition) is 4. The van der Waals surface area contributed by atoms with Crippen molar-refractivity contribution in [3.8, 4) is 17.0 Å². The van der Waals surface area contributed by atoms with Crippen molar-refractivity contribution >= 4 is 22.9 Å². The molecule has 0 bridgehead atoms. The van der Waals surface area contributed by atoms with Crippen molar-refractivity contribution in [1.29, 1.82) is 0 Å². The van der Waals surface area contributed by atoms with Gasteiger partial charge in [0.25, 0.3) is 5.91 Å². The van der Waals surface area contributed by atoms with Crippen molar-refractivity contribution in [2.45, 2.75) is 40.2 Å². The van der Waals surface area contributed by atoms with E-state index in [0.717, 1.165) is 34.1 Å². The lowest BCUT2D eigenvalue weighted by atomic mass is 10.1. The van der Waals surface area contributed by atoms with Gasteiger partial charge in [-0.05, 0) is 45.4 Å². The van der Waals surface area contributed by atoms with E-state index < -0.39 is 6.10 Å². The van der Waals surface area contributed by atoms with Crippen LogP contribution in [0.5, 0.6) is 5.75 Å². The maximum Gasteiger partial charge on any atom is 0.267 e. The van der Waals surface area contributed by atoms with Gasteiger partial charge in [0.05, 0.1) is 16.4 Å². The number of hydrogen-bond donors (Lipinski definition) is 0. The quantitative estimate of drug-likeness (QED) is 0.861. The molecule has 0 aliphatic carbocycles. The van der Waals surface area contributed by atoms with E-state index in [1.54, 1.807) is 18.3 Å². The number of carbonyl (C=O) groups is 1. The summed E-state index contributed by atoms with van der Waals surface area (Å²) < 4.78 is 5.74. The Morgan fingerprint density at radius 1 is 1.36 bits per heavy atom. The number of nitrogens with zero attached hydrogens (tertiary/aromatic N) is 2. The van der Waals surface area contributed by atoms with Crippen LogP contribution in [0.3, 0.4) is 0 Å². The molecule has 2 heterocycles. The smallest absolute Gasteiger partial charge is 0.267 e. The Morgan fingerprint density at radius 3 is 2.77 bits per heavy atom. The number of fused-ring (bicyclic) bond motifs is 1. The number of rotatable bonds is 3.